The Hall–Kier alpha value is -2.17. The molecule has 0 saturated heterocycles. The zero-order valence-electron chi connectivity index (χ0n) is 13.0. The summed E-state index contributed by atoms with van der Waals surface area (Å²) in [5.41, 5.74) is 2.66. The van der Waals surface area contributed by atoms with Crippen molar-refractivity contribution in [3.8, 4) is 5.75 Å². The van der Waals surface area contributed by atoms with Crippen molar-refractivity contribution in [2.75, 3.05) is 13.7 Å². The highest BCUT2D eigenvalue weighted by Crippen LogP contribution is 2.33. The van der Waals surface area contributed by atoms with Gasteiger partial charge in [-0.3, -0.25) is 4.79 Å². The molecule has 0 unspecified atom stereocenters. The third kappa shape index (κ3) is 3.35. The minimum Gasteiger partial charge on any atom is -0.494 e. The number of methoxy groups -OCH3 is 1. The fourth-order valence-corrected chi connectivity index (χ4v) is 3.28. The highest BCUT2D eigenvalue weighted by Gasteiger charge is 2.13. The molecule has 3 rings (SSSR count). The molecule has 124 valence electrons. The number of nitrogens with one attached hydrogen (secondary N) is 2. The molecule has 0 aliphatic carbocycles. The van der Waals surface area contributed by atoms with E-state index in [0.29, 0.717) is 27.9 Å². The van der Waals surface area contributed by atoms with E-state index < -0.39 is 0 Å². The number of hydrogen-bond acceptors (Lipinski definition) is 2. The van der Waals surface area contributed by atoms with Gasteiger partial charge in [0.25, 0.3) is 5.91 Å². The van der Waals surface area contributed by atoms with E-state index in [1.54, 1.807) is 12.1 Å². The number of fused-ring (bicyclic) bond motifs is 1. The SMILES string of the molecule is COc1c(Cl)cc(C(=O)NCCc2c[nH]c3ccccc23)cc1Cl. The molecule has 0 fully saturated rings. The number of para-hydroxylation sites is 1. The van der Waals surface area contributed by atoms with Gasteiger partial charge < -0.3 is 15.0 Å². The van der Waals surface area contributed by atoms with Gasteiger partial charge >= 0.3 is 0 Å². The highest BCUT2D eigenvalue weighted by atomic mass is 35.5. The van der Waals surface area contributed by atoms with E-state index in [4.69, 9.17) is 27.9 Å². The van der Waals surface area contributed by atoms with E-state index >= 15 is 0 Å². The van der Waals surface area contributed by atoms with Gasteiger partial charge in [-0.05, 0) is 30.2 Å². The highest BCUT2D eigenvalue weighted by molar-refractivity contribution is 6.37. The van der Waals surface area contributed by atoms with E-state index in [1.807, 2.05) is 24.4 Å². The molecule has 0 bridgehead atoms. The Labute approximate surface area is 149 Å². The molecule has 1 amide bonds. The summed E-state index contributed by atoms with van der Waals surface area (Å²) in [7, 11) is 1.48. The number of benzene rings is 2. The second kappa shape index (κ2) is 7.16. The number of carbonyl (C=O) groups is 1. The van der Waals surface area contributed by atoms with Crippen molar-refractivity contribution in [3.63, 3.8) is 0 Å². The molecule has 0 saturated carbocycles. The quantitative estimate of drug-likeness (QED) is 0.703. The lowest BCUT2D eigenvalue weighted by Gasteiger charge is -2.09. The Morgan fingerprint density at radius 2 is 1.92 bits per heavy atom. The fourth-order valence-electron chi connectivity index (χ4n) is 2.64. The van der Waals surface area contributed by atoms with Crippen molar-refractivity contribution in [1.82, 2.24) is 10.3 Å². The normalized spacial score (nSPS) is 10.8. The van der Waals surface area contributed by atoms with Crippen molar-refractivity contribution in [2.24, 2.45) is 0 Å². The van der Waals surface area contributed by atoms with Gasteiger partial charge in [-0.15, -0.1) is 0 Å². The number of hydrogen-bond donors (Lipinski definition) is 2. The minimum absolute atomic E-state index is 0.221. The zero-order chi connectivity index (χ0) is 17.1. The van der Waals surface area contributed by atoms with E-state index in [0.717, 1.165) is 17.5 Å². The predicted octanol–water partition coefficient (Wildman–Crippen LogP) is 4.46. The maximum Gasteiger partial charge on any atom is 0.251 e. The molecule has 0 atom stereocenters. The van der Waals surface area contributed by atoms with Crippen molar-refractivity contribution in [2.45, 2.75) is 6.42 Å². The average Bonchev–Trinajstić information content (AvgIpc) is 2.98. The van der Waals surface area contributed by atoms with Gasteiger partial charge in [0.15, 0.2) is 5.75 Å². The molecule has 0 aliphatic rings. The molecule has 1 aromatic heterocycles. The van der Waals surface area contributed by atoms with Crippen LogP contribution in [0.2, 0.25) is 10.0 Å². The van der Waals surface area contributed by atoms with Crippen LogP contribution in [0.4, 0.5) is 0 Å². The van der Waals surface area contributed by atoms with Crippen molar-refractivity contribution in [3.05, 3.63) is 63.8 Å². The molecule has 0 spiro atoms. The van der Waals surface area contributed by atoms with E-state index in [9.17, 15) is 4.79 Å². The third-order valence-corrected chi connectivity index (χ3v) is 4.38. The Kier molecular flexibility index (Phi) is 4.97. The molecule has 0 aliphatic heterocycles. The summed E-state index contributed by atoms with van der Waals surface area (Å²) in [6.07, 6.45) is 2.70. The van der Waals surface area contributed by atoms with Crippen LogP contribution in [0.15, 0.2) is 42.6 Å². The van der Waals surface area contributed by atoms with Crippen LogP contribution in [0.25, 0.3) is 10.9 Å². The van der Waals surface area contributed by atoms with Crippen LogP contribution in [-0.2, 0) is 6.42 Å². The lowest BCUT2D eigenvalue weighted by Crippen LogP contribution is -2.25. The molecule has 1 heterocycles. The van der Waals surface area contributed by atoms with Crippen LogP contribution in [0.1, 0.15) is 15.9 Å². The molecule has 2 N–H and O–H groups in total. The largest absolute Gasteiger partial charge is 0.494 e. The van der Waals surface area contributed by atoms with Crippen LogP contribution in [0.5, 0.6) is 5.75 Å². The number of amides is 1. The number of ether oxygens (including phenoxy) is 1. The number of aromatic amines is 1. The van der Waals surface area contributed by atoms with E-state index in [2.05, 4.69) is 16.4 Å². The summed E-state index contributed by atoms with van der Waals surface area (Å²) in [6.45, 7) is 0.516. The Morgan fingerprint density at radius 1 is 1.21 bits per heavy atom. The lowest BCUT2D eigenvalue weighted by molar-refractivity contribution is 0.0954. The van der Waals surface area contributed by atoms with Gasteiger partial charge in [-0.1, -0.05) is 41.4 Å². The second-order valence-corrected chi connectivity index (χ2v) is 6.15. The summed E-state index contributed by atoms with van der Waals surface area (Å²) >= 11 is 12.1. The summed E-state index contributed by atoms with van der Waals surface area (Å²) in [6, 6.07) is 11.2. The molecular weight excluding hydrogens is 347 g/mol. The van der Waals surface area contributed by atoms with Crippen molar-refractivity contribution in [1.29, 1.82) is 0 Å². The Bertz CT molecular complexity index is 867. The first-order valence-electron chi connectivity index (χ1n) is 7.46. The second-order valence-electron chi connectivity index (χ2n) is 5.34. The Morgan fingerprint density at radius 3 is 2.62 bits per heavy atom. The Balaban J connectivity index is 1.66. The summed E-state index contributed by atoms with van der Waals surface area (Å²) in [4.78, 5) is 15.5. The molecule has 24 heavy (non-hydrogen) atoms. The maximum absolute atomic E-state index is 12.3. The third-order valence-electron chi connectivity index (χ3n) is 3.82. The predicted molar refractivity (Wildman–Crippen MR) is 97.3 cm³/mol. The fraction of sp³-hybridized carbons (Fsp3) is 0.167. The topological polar surface area (TPSA) is 54.1 Å². The first-order valence-corrected chi connectivity index (χ1v) is 8.22. The first-order chi connectivity index (χ1) is 11.6. The van der Waals surface area contributed by atoms with Crippen LogP contribution >= 0.6 is 23.2 Å². The van der Waals surface area contributed by atoms with Gasteiger partial charge in [0.05, 0.1) is 17.2 Å². The summed E-state index contributed by atoms with van der Waals surface area (Å²) in [5, 5.41) is 4.68. The van der Waals surface area contributed by atoms with Crippen molar-refractivity contribution < 1.29 is 9.53 Å². The van der Waals surface area contributed by atoms with Crippen LogP contribution in [0.3, 0.4) is 0 Å². The molecule has 0 radical (unpaired) electrons. The minimum atomic E-state index is -0.221. The molecule has 3 aromatic rings. The van der Waals surface area contributed by atoms with Gasteiger partial charge in [0.1, 0.15) is 0 Å². The van der Waals surface area contributed by atoms with Crippen molar-refractivity contribution >= 4 is 40.0 Å². The van der Waals surface area contributed by atoms with Gasteiger partial charge in [-0.25, -0.2) is 0 Å². The monoisotopic (exact) mass is 362 g/mol. The van der Waals surface area contributed by atoms with Crippen LogP contribution in [-0.4, -0.2) is 24.5 Å². The lowest BCUT2D eigenvalue weighted by atomic mass is 10.1. The van der Waals surface area contributed by atoms with Crippen LogP contribution in [0, 0.1) is 0 Å². The zero-order valence-corrected chi connectivity index (χ0v) is 14.5. The van der Waals surface area contributed by atoms with Gasteiger partial charge in [-0.2, -0.15) is 0 Å². The summed E-state index contributed by atoms with van der Waals surface area (Å²) in [5.74, 6) is 0.148. The van der Waals surface area contributed by atoms with E-state index in [1.165, 1.54) is 12.5 Å². The van der Waals surface area contributed by atoms with Gasteiger partial charge in [0, 0.05) is 29.2 Å². The smallest absolute Gasteiger partial charge is 0.251 e. The maximum atomic E-state index is 12.3. The van der Waals surface area contributed by atoms with Gasteiger partial charge in [0.2, 0.25) is 0 Å². The standard InChI is InChI=1S/C18H16Cl2N2O2/c1-24-17-14(19)8-12(9-15(17)20)18(23)21-7-6-11-10-22-16-5-3-2-4-13(11)16/h2-5,8-10,22H,6-7H2,1H3,(H,21,23). The number of H-pyrrole nitrogens is 1. The molecular formula is C18H16Cl2N2O2. The average molecular weight is 363 g/mol. The number of aromatic nitrogens is 1. The molecule has 4 nitrogen and oxygen atoms in total. The molecule has 2 aromatic carbocycles. The molecule has 6 heteroatoms. The number of carbonyl (C=O) groups excluding carboxylic acids is 1. The first kappa shape index (κ1) is 16.7. The van der Waals surface area contributed by atoms with Crippen LogP contribution < -0.4 is 10.1 Å². The number of rotatable bonds is 5. The van der Waals surface area contributed by atoms with E-state index in [-0.39, 0.29) is 5.91 Å². The summed E-state index contributed by atoms with van der Waals surface area (Å²) < 4.78 is 5.08. The number of halogens is 2.